The molecule has 2 rings (SSSR count). The van der Waals surface area contributed by atoms with E-state index in [-0.39, 0.29) is 5.78 Å². The summed E-state index contributed by atoms with van der Waals surface area (Å²) in [5.74, 6) is 0.194. The minimum absolute atomic E-state index is 0.194. The SMILES string of the molecule is CCc1cc(CC(=O)c2sccc2C)n(CC)n1. The number of rotatable bonds is 5. The van der Waals surface area contributed by atoms with Crippen molar-refractivity contribution in [2.75, 3.05) is 0 Å². The molecule has 2 heterocycles. The number of ketones is 1. The van der Waals surface area contributed by atoms with Crippen LogP contribution in [0.5, 0.6) is 0 Å². The summed E-state index contributed by atoms with van der Waals surface area (Å²) in [5, 5.41) is 6.44. The maximum Gasteiger partial charge on any atom is 0.178 e. The van der Waals surface area contributed by atoms with Crippen molar-refractivity contribution in [1.82, 2.24) is 9.78 Å². The van der Waals surface area contributed by atoms with E-state index in [9.17, 15) is 4.79 Å². The Morgan fingerprint density at radius 1 is 1.44 bits per heavy atom. The second-order valence-electron chi connectivity index (χ2n) is 4.33. The van der Waals surface area contributed by atoms with E-state index < -0.39 is 0 Å². The standard InChI is InChI=1S/C14H18N2OS/c1-4-11-8-12(16(5-2)15-11)9-13(17)14-10(3)6-7-18-14/h6-8H,4-5,9H2,1-3H3. The van der Waals surface area contributed by atoms with Gasteiger partial charge in [0.2, 0.25) is 0 Å². The first-order valence-corrected chi connectivity index (χ1v) is 7.16. The molecule has 0 saturated heterocycles. The van der Waals surface area contributed by atoms with Crippen LogP contribution in [-0.4, -0.2) is 15.6 Å². The number of aromatic nitrogens is 2. The van der Waals surface area contributed by atoms with Gasteiger partial charge in [0.25, 0.3) is 0 Å². The van der Waals surface area contributed by atoms with E-state index in [4.69, 9.17) is 0 Å². The maximum atomic E-state index is 12.2. The summed E-state index contributed by atoms with van der Waals surface area (Å²) in [6, 6.07) is 4.04. The summed E-state index contributed by atoms with van der Waals surface area (Å²) in [4.78, 5) is 13.1. The van der Waals surface area contributed by atoms with Crippen LogP contribution in [0, 0.1) is 6.92 Å². The molecule has 0 atom stereocenters. The van der Waals surface area contributed by atoms with E-state index in [0.29, 0.717) is 6.42 Å². The van der Waals surface area contributed by atoms with Crippen LogP contribution in [0.4, 0.5) is 0 Å². The number of carbonyl (C=O) groups excluding carboxylic acids is 1. The Morgan fingerprint density at radius 3 is 2.78 bits per heavy atom. The normalized spacial score (nSPS) is 10.8. The van der Waals surface area contributed by atoms with Crippen molar-refractivity contribution in [3.05, 3.63) is 39.3 Å². The van der Waals surface area contributed by atoms with Crippen LogP contribution in [0.2, 0.25) is 0 Å². The van der Waals surface area contributed by atoms with Gasteiger partial charge < -0.3 is 0 Å². The summed E-state index contributed by atoms with van der Waals surface area (Å²) >= 11 is 1.52. The lowest BCUT2D eigenvalue weighted by atomic mass is 10.1. The molecule has 0 bridgehead atoms. The lowest BCUT2D eigenvalue weighted by Gasteiger charge is -2.03. The molecule has 0 aliphatic rings. The zero-order valence-electron chi connectivity index (χ0n) is 11.1. The Bertz CT molecular complexity index is 554. The molecule has 2 aromatic heterocycles. The van der Waals surface area contributed by atoms with Crippen molar-refractivity contribution in [1.29, 1.82) is 0 Å². The summed E-state index contributed by atoms with van der Waals surface area (Å²) < 4.78 is 1.93. The predicted octanol–water partition coefficient (Wildman–Crippen LogP) is 3.26. The van der Waals surface area contributed by atoms with Crippen LogP contribution in [0.3, 0.4) is 0 Å². The monoisotopic (exact) mass is 262 g/mol. The minimum atomic E-state index is 0.194. The quantitative estimate of drug-likeness (QED) is 0.775. The minimum Gasteiger partial charge on any atom is -0.293 e. The summed E-state index contributed by atoms with van der Waals surface area (Å²) in [6.45, 7) is 6.93. The predicted molar refractivity (Wildman–Crippen MR) is 74.4 cm³/mol. The number of Topliss-reactive ketones (excluding diaryl/α,β-unsaturated/α-hetero) is 1. The molecule has 0 N–H and O–H groups in total. The molecule has 18 heavy (non-hydrogen) atoms. The molecule has 0 unspecified atom stereocenters. The number of carbonyl (C=O) groups is 1. The van der Waals surface area contributed by atoms with Crippen molar-refractivity contribution in [2.24, 2.45) is 0 Å². The van der Waals surface area contributed by atoms with Crippen LogP contribution in [-0.2, 0) is 19.4 Å². The van der Waals surface area contributed by atoms with Crippen LogP contribution >= 0.6 is 11.3 Å². The zero-order chi connectivity index (χ0) is 13.1. The average molecular weight is 262 g/mol. The molecule has 0 aromatic carbocycles. The number of hydrogen-bond donors (Lipinski definition) is 0. The van der Waals surface area contributed by atoms with Crippen molar-refractivity contribution in [3.8, 4) is 0 Å². The Hall–Kier alpha value is -1.42. The Balaban J connectivity index is 2.21. The Morgan fingerprint density at radius 2 is 2.22 bits per heavy atom. The lowest BCUT2D eigenvalue weighted by molar-refractivity contribution is 0.0994. The Kier molecular flexibility index (Phi) is 3.97. The molecule has 0 fully saturated rings. The van der Waals surface area contributed by atoms with E-state index >= 15 is 0 Å². The van der Waals surface area contributed by atoms with E-state index in [2.05, 4.69) is 18.9 Å². The van der Waals surface area contributed by atoms with Crippen LogP contribution < -0.4 is 0 Å². The highest BCUT2D eigenvalue weighted by Crippen LogP contribution is 2.18. The van der Waals surface area contributed by atoms with E-state index in [0.717, 1.165) is 34.8 Å². The molecule has 3 nitrogen and oxygen atoms in total. The molecule has 0 aliphatic heterocycles. The van der Waals surface area contributed by atoms with Gasteiger partial charge in [-0.05, 0) is 43.3 Å². The Labute approximate surface area is 111 Å². The first-order chi connectivity index (χ1) is 8.65. The van der Waals surface area contributed by atoms with Crippen molar-refractivity contribution in [2.45, 2.75) is 40.2 Å². The number of aryl methyl sites for hydroxylation is 3. The smallest absolute Gasteiger partial charge is 0.178 e. The number of thiophene rings is 1. The van der Waals surface area contributed by atoms with Gasteiger partial charge >= 0.3 is 0 Å². The van der Waals surface area contributed by atoms with Gasteiger partial charge in [-0.3, -0.25) is 9.48 Å². The first kappa shape index (κ1) is 13.0. The van der Waals surface area contributed by atoms with Crippen molar-refractivity contribution < 1.29 is 4.79 Å². The molecule has 0 saturated carbocycles. The summed E-state index contributed by atoms with van der Waals surface area (Å²) in [6.07, 6.45) is 1.36. The fraction of sp³-hybridized carbons (Fsp3) is 0.429. The molecular weight excluding hydrogens is 244 g/mol. The zero-order valence-corrected chi connectivity index (χ0v) is 11.9. The van der Waals surface area contributed by atoms with Gasteiger partial charge in [-0.1, -0.05) is 6.92 Å². The van der Waals surface area contributed by atoms with Gasteiger partial charge in [0.05, 0.1) is 17.0 Å². The second-order valence-corrected chi connectivity index (χ2v) is 5.25. The van der Waals surface area contributed by atoms with Gasteiger partial charge in [0, 0.05) is 12.2 Å². The van der Waals surface area contributed by atoms with Gasteiger partial charge in [0.15, 0.2) is 5.78 Å². The van der Waals surface area contributed by atoms with E-state index in [1.807, 2.05) is 29.1 Å². The average Bonchev–Trinajstić information content (AvgIpc) is 2.95. The summed E-state index contributed by atoms with van der Waals surface area (Å²) in [7, 11) is 0. The molecule has 0 radical (unpaired) electrons. The highest BCUT2D eigenvalue weighted by atomic mass is 32.1. The first-order valence-electron chi connectivity index (χ1n) is 6.28. The van der Waals surface area contributed by atoms with Crippen LogP contribution in [0.15, 0.2) is 17.5 Å². The van der Waals surface area contributed by atoms with Gasteiger partial charge in [-0.2, -0.15) is 5.10 Å². The molecule has 2 aromatic rings. The van der Waals surface area contributed by atoms with Crippen LogP contribution in [0.1, 0.15) is 40.5 Å². The molecule has 0 aliphatic carbocycles. The molecule has 0 spiro atoms. The number of hydrogen-bond acceptors (Lipinski definition) is 3. The number of nitrogens with zero attached hydrogens (tertiary/aromatic N) is 2. The van der Waals surface area contributed by atoms with Gasteiger partial charge in [-0.15, -0.1) is 11.3 Å². The highest BCUT2D eigenvalue weighted by Gasteiger charge is 2.14. The third-order valence-electron chi connectivity index (χ3n) is 3.03. The fourth-order valence-electron chi connectivity index (χ4n) is 2.01. The van der Waals surface area contributed by atoms with Crippen molar-refractivity contribution >= 4 is 17.1 Å². The summed E-state index contributed by atoms with van der Waals surface area (Å²) in [5.41, 5.74) is 3.15. The van der Waals surface area contributed by atoms with E-state index in [1.165, 1.54) is 11.3 Å². The third kappa shape index (κ3) is 2.53. The second kappa shape index (κ2) is 5.48. The molecular formula is C14H18N2OS. The third-order valence-corrected chi connectivity index (χ3v) is 4.09. The maximum absolute atomic E-state index is 12.2. The van der Waals surface area contributed by atoms with Crippen LogP contribution in [0.25, 0.3) is 0 Å². The lowest BCUT2D eigenvalue weighted by Crippen LogP contribution is -2.09. The molecule has 4 heteroatoms. The van der Waals surface area contributed by atoms with Gasteiger partial charge in [0.1, 0.15) is 0 Å². The van der Waals surface area contributed by atoms with Crippen molar-refractivity contribution in [3.63, 3.8) is 0 Å². The fourth-order valence-corrected chi connectivity index (χ4v) is 2.87. The van der Waals surface area contributed by atoms with E-state index in [1.54, 1.807) is 0 Å². The molecule has 96 valence electrons. The molecule has 0 amide bonds. The largest absolute Gasteiger partial charge is 0.293 e. The highest BCUT2D eigenvalue weighted by molar-refractivity contribution is 7.12. The topological polar surface area (TPSA) is 34.9 Å². The van der Waals surface area contributed by atoms with Gasteiger partial charge in [-0.25, -0.2) is 0 Å².